The van der Waals surface area contributed by atoms with Crippen LogP contribution in [0.5, 0.6) is 11.5 Å². The zero-order valence-electron chi connectivity index (χ0n) is 12.1. The molecule has 0 aromatic heterocycles. The first-order valence-electron chi connectivity index (χ1n) is 7.04. The van der Waals surface area contributed by atoms with Gasteiger partial charge in [0.25, 0.3) is 0 Å². The third-order valence-corrected chi connectivity index (χ3v) is 3.40. The van der Waals surface area contributed by atoms with E-state index in [1.165, 1.54) is 0 Å². The second-order valence-electron chi connectivity index (χ2n) is 4.89. The number of hydrogen-bond acceptors (Lipinski definition) is 5. The number of nitrogens with one attached hydrogen (secondary N) is 1. The van der Waals surface area contributed by atoms with E-state index in [9.17, 15) is 4.79 Å². The van der Waals surface area contributed by atoms with E-state index in [0.717, 1.165) is 25.3 Å². The molecule has 110 valence electrons. The molecule has 1 aromatic rings. The molecule has 1 unspecified atom stereocenters. The molecular formula is C15H22N2O3. The maximum absolute atomic E-state index is 11.9. The Hall–Kier alpha value is -1.59. The van der Waals surface area contributed by atoms with Crippen LogP contribution in [0.3, 0.4) is 0 Å². The molecule has 0 spiro atoms. The summed E-state index contributed by atoms with van der Waals surface area (Å²) >= 11 is 0. The Balaban J connectivity index is 1.79. The summed E-state index contributed by atoms with van der Waals surface area (Å²) in [6.07, 6.45) is 1.08. The van der Waals surface area contributed by atoms with Gasteiger partial charge >= 0.3 is 5.97 Å². The Morgan fingerprint density at radius 2 is 2.05 bits per heavy atom. The van der Waals surface area contributed by atoms with Gasteiger partial charge in [0.1, 0.15) is 11.5 Å². The highest BCUT2D eigenvalue weighted by Gasteiger charge is 2.23. The van der Waals surface area contributed by atoms with Crippen molar-refractivity contribution in [3.63, 3.8) is 0 Å². The van der Waals surface area contributed by atoms with Gasteiger partial charge in [-0.05, 0) is 44.7 Å². The van der Waals surface area contributed by atoms with Crippen molar-refractivity contribution < 1.29 is 14.3 Å². The van der Waals surface area contributed by atoms with Crippen LogP contribution in [0.2, 0.25) is 0 Å². The lowest BCUT2D eigenvalue weighted by atomic mass is 10.3. The molecule has 1 heterocycles. The lowest BCUT2D eigenvalue weighted by Gasteiger charge is -2.14. The van der Waals surface area contributed by atoms with Crippen LogP contribution >= 0.6 is 0 Å². The van der Waals surface area contributed by atoms with Crippen LogP contribution in [0, 0.1) is 0 Å². The lowest BCUT2D eigenvalue weighted by Crippen LogP contribution is -2.34. The number of benzene rings is 1. The van der Waals surface area contributed by atoms with Gasteiger partial charge < -0.3 is 14.8 Å². The molecule has 5 nitrogen and oxygen atoms in total. The summed E-state index contributed by atoms with van der Waals surface area (Å²) in [6, 6.07) is 7.60. The standard InChI is InChI=1S/C15H22N2O3/c1-3-19-13-4-6-14(7-5-13)20-15(18)11-17-9-8-12(10-17)16-2/h4-7,12,16H,3,8-11H2,1-2H3. The highest BCUT2D eigenvalue weighted by atomic mass is 16.5. The van der Waals surface area contributed by atoms with Crippen molar-refractivity contribution in [1.29, 1.82) is 0 Å². The van der Waals surface area contributed by atoms with E-state index >= 15 is 0 Å². The van der Waals surface area contributed by atoms with Crippen LogP contribution in [-0.2, 0) is 4.79 Å². The van der Waals surface area contributed by atoms with Crippen LogP contribution < -0.4 is 14.8 Å². The third kappa shape index (κ3) is 4.21. The highest BCUT2D eigenvalue weighted by molar-refractivity contribution is 5.74. The summed E-state index contributed by atoms with van der Waals surface area (Å²) in [5.74, 6) is 1.12. The minimum absolute atomic E-state index is 0.217. The average molecular weight is 278 g/mol. The summed E-state index contributed by atoms with van der Waals surface area (Å²) in [6.45, 7) is 4.73. The number of likely N-dealkylation sites (N-methyl/N-ethyl adjacent to an activating group) is 1. The molecule has 1 saturated heterocycles. The van der Waals surface area contributed by atoms with E-state index in [-0.39, 0.29) is 5.97 Å². The van der Waals surface area contributed by atoms with Crippen LogP contribution in [0.1, 0.15) is 13.3 Å². The number of ether oxygens (including phenoxy) is 2. The summed E-state index contributed by atoms with van der Waals surface area (Å²) in [7, 11) is 1.95. The van der Waals surface area contributed by atoms with Crippen molar-refractivity contribution >= 4 is 5.97 Å². The number of rotatable bonds is 6. The Morgan fingerprint density at radius 1 is 1.35 bits per heavy atom. The Bertz CT molecular complexity index is 433. The summed E-state index contributed by atoms with van der Waals surface area (Å²) in [5.41, 5.74) is 0. The fraction of sp³-hybridized carbons (Fsp3) is 0.533. The van der Waals surface area contributed by atoms with Gasteiger partial charge in [-0.15, -0.1) is 0 Å². The van der Waals surface area contributed by atoms with Crippen LogP contribution in [-0.4, -0.2) is 50.2 Å². The minimum Gasteiger partial charge on any atom is -0.494 e. The molecule has 0 radical (unpaired) electrons. The smallest absolute Gasteiger partial charge is 0.325 e. The van der Waals surface area contributed by atoms with Crippen molar-refractivity contribution in [3.05, 3.63) is 24.3 Å². The van der Waals surface area contributed by atoms with E-state index in [1.807, 2.05) is 14.0 Å². The number of carbonyl (C=O) groups is 1. The van der Waals surface area contributed by atoms with E-state index in [4.69, 9.17) is 9.47 Å². The van der Waals surface area contributed by atoms with Crippen LogP contribution in [0.25, 0.3) is 0 Å². The van der Waals surface area contributed by atoms with Crippen molar-refractivity contribution in [2.24, 2.45) is 0 Å². The number of nitrogens with zero attached hydrogens (tertiary/aromatic N) is 1. The molecular weight excluding hydrogens is 256 g/mol. The number of esters is 1. The molecule has 0 amide bonds. The number of carbonyl (C=O) groups excluding carboxylic acids is 1. The van der Waals surface area contributed by atoms with E-state index < -0.39 is 0 Å². The van der Waals surface area contributed by atoms with Gasteiger partial charge in [0.15, 0.2) is 0 Å². The normalized spacial score (nSPS) is 19.0. The average Bonchev–Trinajstić information content (AvgIpc) is 2.89. The number of likely N-dealkylation sites (tertiary alicyclic amines) is 1. The largest absolute Gasteiger partial charge is 0.494 e. The second kappa shape index (κ2) is 7.26. The molecule has 0 bridgehead atoms. The molecule has 1 N–H and O–H groups in total. The van der Waals surface area contributed by atoms with E-state index in [0.29, 0.717) is 24.9 Å². The predicted octanol–water partition coefficient (Wildman–Crippen LogP) is 1.28. The molecule has 1 fully saturated rings. The van der Waals surface area contributed by atoms with Crippen molar-refractivity contribution in [3.8, 4) is 11.5 Å². The Morgan fingerprint density at radius 3 is 2.65 bits per heavy atom. The van der Waals surface area contributed by atoms with Crippen molar-refractivity contribution in [2.45, 2.75) is 19.4 Å². The Labute approximate surface area is 119 Å². The molecule has 1 aliphatic heterocycles. The molecule has 1 atom stereocenters. The monoisotopic (exact) mass is 278 g/mol. The fourth-order valence-corrected chi connectivity index (χ4v) is 2.33. The summed E-state index contributed by atoms with van der Waals surface area (Å²) in [4.78, 5) is 14.0. The van der Waals surface area contributed by atoms with Gasteiger partial charge in [-0.1, -0.05) is 0 Å². The van der Waals surface area contributed by atoms with Crippen molar-refractivity contribution in [2.75, 3.05) is 33.3 Å². The lowest BCUT2D eigenvalue weighted by molar-refractivity contribution is -0.135. The van der Waals surface area contributed by atoms with Crippen LogP contribution in [0.4, 0.5) is 0 Å². The molecule has 2 rings (SSSR count). The van der Waals surface area contributed by atoms with Crippen LogP contribution in [0.15, 0.2) is 24.3 Å². The van der Waals surface area contributed by atoms with Crippen molar-refractivity contribution in [1.82, 2.24) is 10.2 Å². The van der Waals surface area contributed by atoms with Gasteiger partial charge in [0.2, 0.25) is 0 Å². The molecule has 1 aliphatic rings. The highest BCUT2D eigenvalue weighted by Crippen LogP contribution is 2.18. The van der Waals surface area contributed by atoms with Gasteiger partial charge in [-0.3, -0.25) is 9.69 Å². The molecule has 1 aromatic carbocycles. The minimum atomic E-state index is -0.217. The fourth-order valence-electron chi connectivity index (χ4n) is 2.33. The molecule has 0 saturated carbocycles. The topological polar surface area (TPSA) is 50.8 Å². The quantitative estimate of drug-likeness (QED) is 0.627. The first-order valence-corrected chi connectivity index (χ1v) is 7.04. The van der Waals surface area contributed by atoms with Gasteiger partial charge in [-0.2, -0.15) is 0 Å². The summed E-state index contributed by atoms with van der Waals surface area (Å²) < 4.78 is 10.7. The third-order valence-electron chi connectivity index (χ3n) is 3.40. The second-order valence-corrected chi connectivity index (χ2v) is 4.89. The maximum Gasteiger partial charge on any atom is 0.325 e. The first kappa shape index (κ1) is 14.8. The number of hydrogen-bond donors (Lipinski definition) is 1. The molecule has 5 heteroatoms. The molecule has 0 aliphatic carbocycles. The predicted molar refractivity (Wildman–Crippen MR) is 77.2 cm³/mol. The van der Waals surface area contributed by atoms with Gasteiger partial charge in [0.05, 0.1) is 13.2 Å². The van der Waals surface area contributed by atoms with Gasteiger partial charge in [-0.25, -0.2) is 0 Å². The summed E-state index contributed by atoms with van der Waals surface area (Å²) in [5, 5.41) is 3.23. The zero-order valence-corrected chi connectivity index (χ0v) is 12.1. The molecule has 20 heavy (non-hydrogen) atoms. The van der Waals surface area contributed by atoms with E-state index in [1.54, 1.807) is 24.3 Å². The first-order chi connectivity index (χ1) is 9.71. The SMILES string of the molecule is CCOc1ccc(OC(=O)CN2CCC(NC)C2)cc1. The Kier molecular flexibility index (Phi) is 5.38. The zero-order chi connectivity index (χ0) is 14.4. The maximum atomic E-state index is 11.9. The van der Waals surface area contributed by atoms with Gasteiger partial charge in [0, 0.05) is 19.1 Å². The van der Waals surface area contributed by atoms with E-state index in [2.05, 4.69) is 10.2 Å².